The van der Waals surface area contributed by atoms with Crippen LogP contribution < -0.4 is 0 Å². The molecule has 4 rings (SSSR count). The van der Waals surface area contributed by atoms with Crippen molar-refractivity contribution in [1.82, 2.24) is 0 Å². The third-order valence-corrected chi connectivity index (χ3v) is 3.68. The van der Waals surface area contributed by atoms with Crippen molar-refractivity contribution in [1.29, 1.82) is 0 Å². The van der Waals surface area contributed by atoms with E-state index in [2.05, 4.69) is 36.4 Å². The summed E-state index contributed by atoms with van der Waals surface area (Å²) in [6.07, 6.45) is 0. The number of rotatable bonds is 1. The molecule has 0 bridgehead atoms. The van der Waals surface area contributed by atoms with Crippen LogP contribution in [-0.2, 0) is 0 Å². The molecule has 0 unspecified atom stereocenters. The molecule has 0 heterocycles. The van der Waals surface area contributed by atoms with Crippen LogP contribution in [0, 0.1) is 6.67 Å². The summed E-state index contributed by atoms with van der Waals surface area (Å²) in [5, 5.41) is 6.97. The van der Waals surface area contributed by atoms with Crippen LogP contribution in [0.5, 0.6) is 0 Å². The van der Waals surface area contributed by atoms with Crippen LogP contribution in [0.2, 0.25) is 0 Å². The fourth-order valence-electron chi connectivity index (χ4n) is 2.85. The molecule has 0 saturated heterocycles. The fraction of sp³-hybridized carbons (Fsp3) is 0. The Balaban J connectivity index is 2.40. The predicted molar refractivity (Wildman–Crippen MR) is 74.7 cm³/mol. The van der Waals surface area contributed by atoms with E-state index >= 15 is 0 Å². The Morgan fingerprint density at radius 3 is 2.00 bits per heavy atom. The van der Waals surface area contributed by atoms with Crippen LogP contribution in [-0.4, -0.2) is 0 Å². The molecule has 0 nitrogen and oxygen atoms in total. The van der Waals surface area contributed by atoms with Gasteiger partial charge in [0.2, 0.25) is 0 Å². The molecule has 1 radical (unpaired) electrons. The normalized spacial score (nSPS) is 11.8. The van der Waals surface area contributed by atoms with Gasteiger partial charge in [0.05, 0.1) is 0 Å². The van der Waals surface area contributed by atoms with E-state index < -0.39 is 0 Å². The molecule has 0 N–H and O–H groups in total. The monoisotopic (exact) mass is 233 g/mol. The molecule has 0 atom stereocenters. The van der Waals surface area contributed by atoms with Crippen LogP contribution in [0.3, 0.4) is 0 Å². The highest BCUT2D eigenvalue weighted by atomic mass is 19.1. The first-order valence-corrected chi connectivity index (χ1v) is 5.98. The Bertz CT molecular complexity index is 845. The van der Waals surface area contributed by atoms with Crippen molar-refractivity contribution in [2.24, 2.45) is 0 Å². The van der Waals surface area contributed by atoms with Gasteiger partial charge in [0.1, 0.15) is 0 Å². The van der Waals surface area contributed by atoms with Gasteiger partial charge < -0.3 is 0 Å². The molecule has 0 amide bonds. The molecule has 85 valence electrons. The van der Waals surface area contributed by atoms with Gasteiger partial charge in [-0.25, -0.2) is 4.39 Å². The summed E-state index contributed by atoms with van der Waals surface area (Å²) >= 11 is 0. The van der Waals surface area contributed by atoms with Gasteiger partial charge in [0, 0.05) is 0 Å². The second kappa shape index (κ2) is 3.42. The van der Waals surface area contributed by atoms with Crippen molar-refractivity contribution in [3.63, 3.8) is 0 Å². The van der Waals surface area contributed by atoms with E-state index in [1.165, 1.54) is 21.5 Å². The predicted octanol–water partition coefficient (Wildman–Crippen LogP) is 5.06. The quantitative estimate of drug-likeness (QED) is 0.403. The minimum Gasteiger partial charge on any atom is -0.239 e. The minimum atomic E-state index is 0.653. The summed E-state index contributed by atoms with van der Waals surface area (Å²) in [4.78, 5) is 0. The Morgan fingerprint density at radius 2 is 1.28 bits per heavy atom. The van der Waals surface area contributed by atoms with Gasteiger partial charge in [-0.3, -0.25) is 0 Å². The third kappa shape index (κ3) is 1.14. The lowest BCUT2D eigenvalue weighted by atomic mass is 9.92. The summed E-state index contributed by atoms with van der Waals surface area (Å²) in [5.74, 6) is 0. The van der Waals surface area contributed by atoms with E-state index in [-0.39, 0.29) is 0 Å². The zero-order chi connectivity index (χ0) is 12.1. The Labute approximate surface area is 104 Å². The molecule has 0 fully saturated rings. The maximum absolute atomic E-state index is 13.0. The zero-order valence-electron chi connectivity index (χ0n) is 9.65. The largest absolute Gasteiger partial charge is 0.239 e. The average Bonchev–Trinajstić information content (AvgIpc) is 2.44. The maximum Gasteiger partial charge on any atom is 0.161 e. The van der Waals surface area contributed by atoms with Gasteiger partial charge in [0.25, 0.3) is 0 Å². The van der Waals surface area contributed by atoms with E-state index in [1.807, 2.05) is 18.2 Å². The van der Waals surface area contributed by atoms with Gasteiger partial charge in [-0.2, -0.15) is 0 Å². The lowest BCUT2D eigenvalue weighted by molar-refractivity contribution is 0.648. The summed E-state index contributed by atoms with van der Waals surface area (Å²) in [7, 11) is 0. The Hall–Kier alpha value is -2.15. The summed E-state index contributed by atoms with van der Waals surface area (Å²) in [6.45, 7) is 0.686. The van der Waals surface area contributed by atoms with E-state index in [4.69, 9.17) is 0 Å². The first-order valence-electron chi connectivity index (χ1n) is 5.98. The van der Waals surface area contributed by atoms with Crippen LogP contribution in [0.1, 0.15) is 5.56 Å². The molecule has 0 aromatic heterocycles. The number of benzene rings is 4. The molecule has 0 aliphatic rings. The SMILES string of the molecule is F[CH]c1ccc2ccc3cccc4ccc1c2c34. The highest BCUT2D eigenvalue weighted by Gasteiger charge is 2.10. The molecule has 0 spiro atoms. The molecule has 4 aromatic rings. The van der Waals surface area contributed by atoms with Crippen LogP contribution >= 0.6 is 0 Å². The van der Waals surface area contributed by atoms with Crippen molar-refractivity contribution < 1.29 is 4.39 Å². The van der Waals surface area contributed by atoms with E-state index in [0.29, 0.717) is 12.2 Å². The van der Waals surface area contributed by atoms with Gasteiger partial charge in [0.15, 0.2) is 6.67 Å². The standard InChI is InChI=1S/C17H10F/c18-10-14-7-6-13-5-4-11-2-1-3-12-8-9-15(14)17(13)16(11)12/h1-10H. The molecule has 0 saturated carbocycles. The first-order chi connectivity index (χ1) is 8.88. The summed E-state index contributed by atoms with van der Waals surface area (Å²) in [6, 6.07) is 18.4. The molecule has 0 aliphatic carbocycles. The summed E-state index contributed by atoms with van der Waals surface area (Å²) < 4.78 is 13.0. The van der Waals surface area contributed by atoms with Gasteiger partial charge in [-0.1, -0.05) is 54.6 Å². The molecular weight excluding hydrogens is 223 g/mol. The average molecular weight is 233 g/mol. The van der Waals surface area contributed by atoms with Crippen molar-refractivity contribution >= 4 is 32.3 Å². The van der Waals surface area contributed by atoms with Crippen molar-refractivity contribution in [3.8, 4) is 0 Å². The Kier molecular flexibility index (Phi) is 1.87. The number of halogens is 1. The van der Waals surface area contributed by atoms with Crippen LogP contribution in [0.25, 0.3) is 32.3 Å². The fourth-order valence-corrected chi connectivity index (χ4v) is 2.85. The molecule has 18 heavy (non-hydrogen) atoms. The minimum absolute atomic E-state index is 0.653. The lowest BCUT2D eigenvalue weighted by Crippen LogP contribution is -1.86. The van der Waals surface area contributed by atoms with Crippen molar-refractivity contribution in [2.45, 2.75) is 0 Å². The molecular formula is C17H10F. The molecule has 4 aromatic carbocycles. The summed E-state index contributed by atoms with van der Waals surface area (Å²) in [5.41, 5.74) is 0.653. The highest BCUT2D eigenvalue weighted by Crippen LogP contribution is 2.36. The van der Waals surface area contributed by atoms with E-state index in [9.17, 15) is 4.39 Å². The van der Waals surface area contributed by atoms with Gasteiger partial charge >= 0.3 is 0 Å². The van der Waals surface area contributed by atoms with Crippen LogP contribution in [0.15, 0.2) is 54.6 Å². The van der Waals surface area contributed by atoms with Gasteiger partial charge in [-0.15, -0.1) is 0 Å². The third-order valence-electron chi connectivity index (χ3n) is 3.68. The lowest BCUT2D eigenvalue weighted by Gasteiger charge is -2.12. The zero-order valence-corrected chi connectivity index (χ0v) is 9.65. The number of hydrogen-bond acceptors (Lipinski definition) is 0. The van der Waals surface area contributed by atoms with Crippen LogP contribution in [0.4, 0.5) is 4.39 Å². The number of hydrogen-bond donors (Lipinski definition) is 0. The second-order valence-electron chi connectivity index (χ2n) is 4.62. The van der Waals surface area contributed by atoms with E-state index in [1.54, 1.807) is 0 Å². The second-order valence-corrected chi connectivity index (χ2v) is 4.62. The maximum atomic E-state index is 13.0. The Morgan fingerprint density at radius 1 is 0.667 bits per heavy atom. The van der Waals surface area contributed by atoms with Crippen molar-refractivity contribution in [3.05, 3.63) is 66.8 Å². The first kappa shape index (κ1) is 9.84. The topological polar surface area (TPSA) is 0 Å². The van der Waals surface area contributed by atoms with Gasteiger partial charge in [-0.05, 0) is 37.9 Å². The van der Waals surface area contributed by atoms with Crippen molar-refractivity contribution in [2.75, 3.05) is 0 Å². The highest BCUT2D eigenvalue weighted by molar-refractivity contribution is 6.23. The smallest absolute Gasteiger partial charge is 0.161 e. The van der Waals surface area contributed by atoms with E-state index in [0.717, 1.165) is 10.8 Å². The molecule has 1 heteroatoms. The molecule has 0 aliphatic heterocycles.